The molecule has 0 radical (unpaired) electrons. The second-order valence-electron chi connectivity index (χ2n) is 6.57. The lowest BCUT2D eigenvalue weighted by molar-refractivity contribution is -0.110. The Balaban J connectivity index is 2.11. The van der Waals surface area contributed by atoms with Gasteiger partial charge in [0, 0.05) is 22.9 Å². The Bertz CT molecular complexity index is 1090. The largest absolute Gasteiger partial charge is 0.465 e. The summed E-state index contributed by atoms with van der Waals surface area (Å²) in [5.41, 5.74) is 2.05. The molecule has 0 spiro atoms. The van der Waals surface area contributed by atoms with Gasteiger partial charge in [-0.25, -0.2) is 17.9 Å². The minimum Gasteiger partial charge on any atom is -0.465 e. The maximum absolute atomic E-state index is 12.5. The summed E-state index contributed by atoms with van der Waals surface area (Å²) in [5.74, 6) is -0.899. The fourth-order valence-corrected chi connectivity index (χ4v) is 4.21. The number of carbonyl (C=O) groups excluding carboxylic acids is 2. The normalized spacial score (nSPS) is 14.9. The summed E-state index contributed by atoms with van der Waals surface area (Å²) in [5, 5.41) is 2.71. The first kappa shape index (κ1) is 19.8. The minimum absolute atomic E-state index is 0.0589. The van der Waals surface area contributed by atoms with E-state index in [-0.39, 0.29) is 22.4 Å². The number of anilines is 1. The van der Waals surface area contributed by atoms with Crippen LogP contribution in [0.4, 0.5) is 5.69 Å². The molecule has 8 heteroatoms. The fourth-order valence-electron chi connectivity index (χ4n) is 2.93. The summed E-state index contributed by atoms with van der Waals surface area (Å²) in [6.07, 6.45) is 1.56. The molecule has 2 aromatic rings. The zero-order valence-corrected chi connectivity index (χ0v) is 16.5. The molecule has 2 aromatic carbocycles. The zero-order valence-electron chi connectivity index (χ0n) is 15.6. The van der Waals surface area contributed by atoms with Crippen LogP contribution >= 0.6 is 0 Å². The Labute approximate surface area is 163 Å². The quantitative estimate of drug-likeness (QED) is 0.593. The summed E-state index contributed by atoms with van der Waals surface area (Å²) in [4.78, 5) is 24.5. The second kappa shape index (κ2) is 7.57. The van der Waals surface area contributed by atoms with Gasteiger partial charge in [0.1, 0.15) is 0 Å². The van der Waals surface area contributed by atoms with Crippen LogP contribution < -0.4 is 10.0 Å². The maximum atomic E-state index is 12.5. The van der Waals surface area contributed by atoms with Crippen molar-refractivity contribution in [3.63, 3.8) is 0 Å². The number of rotatable bonds is 5. The van der Waals surface area contributed by atoms with Crippen LogP contribution in [0.25, 0.3) is 11.6 Å². The molecular formula is C20H20N2O5S. The first-order valence-corrected chi connectivity index (χ1v) is 10.1. The van der Waals surface area contributed by atoms with Crippen LogP contribution in [-0.2, 0) is 19.6 Å². The molecule has 7 nitrogen and oxygen atoms in total. The molecule has 1 aliphatic rings. The third-order valence-corrected chi connectivity index (χ3v) is 5.80. The van der Waals surface area contributed by atoms with Crippen molar-refractivity contribution in [2.45, 2.75) is 24.8 Å². The molecule has 0 unspecified atom stereocenters. The van der Waals surface area contributed by atoms with Gasteiger partial charge in [0.05, 0.1) is 17.6 Å². The summed E-state index contributed by atoms with van der Waals surface area (Å²) in [6.45, 7) is 3.45. The Morgan fingerprint density at radius 3 is 2.57 bits per heavy atom. The van der Waals surface area contributed by atoms with E-state index in [2.05, 4.69) is 10.0 Å². The van der Waals surface area contributed by atoms with E-state index >= 15 is 0 Å². The lowest BCUT2D eigenvalue weighted by Crippen LogP contribution is -2.30. The number of carbonyl (C=O) groups is 2. The molecule has 1 aliphatic heterocycles. The summed E-state index contributed by atoms with van der Waals surface area (Å²) >= 11 is 0. The Morgan fingerprint density at radius 2 is 1.89 bits per heavy atom. The van der Waals surface area contributed by atoms with Crippen LogP contribution in [0.2, 0.25) is 0 Å². The number of fused-ring (bicyclic) bond motifs is 1. The second-order valence-corrected chi connectivity index (χ2v) is 8.29. The highest BCUT2D eigenvalue weighted by Crippen LogP contribution is 2.35. The van der Waals surface area contributed by atoms with Crippen molar-refractivity contribution in [2.75, 3.05) is 12.4 Å². The van der Waals surface area contributed by atoms with E-state index in [1.54, 1.807) is 50.3 Å². The molecule has 0 aliphatic carbocycles. The lowest BCUT2D eigenvalue weighted by Gasteiger charge is -2.10. The topological polar surface area (TPSA) is 102 Å². The molecule has 1 amide bonds. The molecule has 3 rings (SSSR count). The van der Waals surface area contributed by atoms with Gasteiger partial charge < -0.3 is 10.1 Å². The Morgan fingerprint density at radius 1 is 1.18 bits per heavy atom. The van der Waals surface area contributed by atoms with Crippen molar-refractivity contribution in [3.05, 3.63) is 59.2 Å². The molecule has 0 atom stereocenters. The van der Waals surface area contributed by atoms with Crippen LogP contribution in [0.15, 0.2) is 47.4 Å². The van der Waals surface area contributed by atoms with Crippen molar-refractivity contribution in [1.29, 1.82) is 0 Å². The number of hydrogen-bond donors (Lipinski definition) is 2. The molecule has 0 saturated carbocycles. The SMILES string of the molecule is COC(=O)c1ccccc1C=C1C(=O)Nc2ccc(S(=O)(=O)NC(C)C)cc21. The van der Waals surface area contributed by atoms with Gasteiger partial charge in [-0.05, 0) is 49.8 Å². The first-order chi connectivity index (χ1) is 13.2. The van der Waals surface area contributed by atoms with Crippen LogP contribution in [-0.4, -0.2) is 33.4 Å². The maximum Gasteiger partial charge on any atom is 0.338 e. The lowest BCUT2D eigenvalue weighted by atomic mass is 10.0. The average molecular weight is 400 g/mol. The van der Waals surface area contributed by atoms with Crippen molar-refractivity contribution in [3.8, 4) is 0 Å². The van der Waals surface area contributed by atoms with E-state index in [1.165, 1.54) is 19.2 Å². The molecule has 28 heavy (non-hydrogen) atoms. The molecule has 0 aromatic heterocycles. The number of methoxy groups -OCH3 is 1. The number of nitrogens with one attached hydrogen (secondary N) is 2. The number of esters is 1. The summed E-state index contributed by atoms with van der Waals surface area (Å²) in [6, 6.07) is 10.9. The molecule has 1 heterocycles. The molecule has 146 valence electrons. The number of sulfonamides is 1. The molecular weight excluding hydrogens is 380 g/mol. The van der Waals surface area contributed by atoms with Crippen molar-refractivity contribution < 1.29 is 22.7 Å². The van der Waals surface area contributed by atoms with Crippen LogP contribution in [0.1, 0.15) is 35.3 Å². The van der Waals surface area contributed by atoms with Gasteiger partial charge in [0.2, 0.25) is 10.0 Å². The fraction of sp³-hybridized carbons (Fsp3) is 0.200. The zero-order chi connectivity index (χ0) is 20.5. The van der Waals surface area contributed by atoms with Gasteiger partial charge in [-0.2, -0.15) is 0 Å². The number of benzene rings is 2. The predicted octanol–water partition coefficient (Wildman–Crippen LogP) is 2.65. The van der Waals surface area contributed by atoms with Gasteiger partial charge in [-0.3, -0.25) is 4.79 Å². The van der Waals surface area contributed by atoms with E-state index < -0.39 is 16.0 Å². The monoisotopic (exact) mass is 400 g/mol. The van der Waals surface area contributed by atoms with E-state index in [0.717, 1.165) is 0 Å². The standard InChI is InChI=1S/C20H20N2O5S/c1-12(2)22-28(25,26)14-8-9-18-16(11-14)17(19(23)21-18)10-13-6-4-5-7-15(13)20(24)27-3/h4-12,22H,1-3H3,(H,21,23). The molecule has 0 saturated heterocycles. The van der Waals surface area contributed by atoms with Crippen LogP contribution in [0.3, 0.4) is 0 Å². The van der Waals surface area contributed by atoms with Gasteiger partial charge in [0.15, 0.2) is 0 Å². The minimum atomic E-state index is -3.71. The summed E-state index contributed by atoms with van der Waals surface area (Å²) < 4.78 is 32.3. The number of amides is 1. The van der Waals surface area contributed by atoms with Gasteiger partial charge in [-0.1, -0.05) is 18.2 Å². The smallest absolute Gasteiger partial charge is 0.338 e. The number of hydrogen-bond acceptors (Lipinski definition) is 5. The van der Waals surface area contributed by atoms with Crippen LogP contribution in [0.5, 0.6) is 0 Å². The first-order valence-electron chi connectivity index (χ1n) is 8.60. The van der Waals surface area contributed by atoms with Crippen LogP contribution in [0, 0.1) is 0 Å². The van der Waals surface area contributed by atoms with E-state index in [0.29, 0.717) is 22.4 Å². The predicted molar refractivity (Wildman–Crippen MR) is 106 cm³/mol. The van der Waals surface area contributed by atoms with Gasteiger partial charge in [-0.15, -0.1) is 0 Å². The highest BCUT2D eigenvalue weighted by atomic mass is 32.2. The van der Waals surface area contributed by atoms with Gasteiger partial charge in [0.25, 0.3) is 5.91 Å². The van der Waals surface area contributed by atoms with Crippen molar-refractivity contribution in [2.24, 2.45) is 0 Å². The molecule has 0 fully saturated rings. The third-order valence-electron chi connectivity index (χ3n) is 4.14. The highest BCUT2D eigenvalue weighted by Gasteiger charge is 2.27. The highest BCUT2D eigenvalue weighted by molar-refractivity contribution is 7.89. The van der Waals surface area contributed by atoms with Gasteiger partial charge >= 0.3 is 5.97 Å². The molecule has 0 bridgehead atoms. The molecule has 2 N–H and O–H groups in total. The third kappa shape index (κ3) is 3.83. The summed E-state index contributed by atoms with van der Waals surface area (Å²) in [7, 11) is -2.43. The Kier molecular flexibility index (Phi) is 5.35. The average Bonchev–Trinajstić information content (AvgIpc) is 2.95. The van der Waals surface area contributed by atoms with Crippen molar-refractivity contribution >= 4 is 39.2 Å². The van der Waals surface area contributed by atoms with E-state index in [4.69, 9.17) is 4.74 Å². The number of ether oxygens (including phenoxy) is 1. The van der Waals surface area contributed by atoms with Crippen molar-refractivity contribution in [1.82, 2.24) is 4.72 Å². The Hall–Kier alpha value is -2.97. The van der Waals surface area contributed by atoms with E-state index in [1.807, 2.05) is 0 Å². The van der Waals surface area contributed by atoms with E-state index in [9.17, 15) is 18.0 Å².